The molecule has 23 heavy (non-hydrogen) atoms. The number of nitrogens with one attached hydrogen (secondary N) is 1. The molecule has 0 saturated carbocycles. The Morgan fingerprint density at radius 3 is 2.48 bits per heavy atom. The number of ether oxygens (including phenoxy) is 1. The fourth-order valence-corrected chi connectivity index (χ4v) is 1.98. The number of rotatable bonds is 4. The van der Waals surface area contributed by atoms with Gasteiger partial charge in [-0.05, 0) is 49.2 Å². The molecule has 0 radical (unpaired) electrons. The second kappa shape index (κ2) is 7.24. The van der Waals surface area contributed by atoms with E-state index in [1.165, 1.54) is 12.1 Å². The van der Waals surface area contributed by atoms with Crippen molar-refractivity contribution in [3.05, 3.63) is 63.9 Å². The lowest BCUT2D eigenvalue weighted by Crippen LogP contribution is -2.21. The highest BCUT2D eigenvalue weighted by atomic mass is 35.5. The van der Waals surface area contributed by atoms with Crippen LogP contribution in [-0.2, 0) is 9.53 Å². The lowest BCUT2D eigenvalue weighted by atomic mass is 10.1. The first-order chi connectivity index (χ1) is 10.9. The van der Waals surface area contributed by atoms with E-state index < -0.39 is 24.3 Å². The third-order valence-electron chi connectivity index (χ3n) is 3.20. The van der Waals surface area contributed by atoms with E-state index in [4.69, 9.17) is 16.3 Å². The molecular formula is C17H15ClFNO3. The zero-order valence-electron chi connectivity index (χ0n) is 12.7. The number of halogens is 2. The van der Waals surface area contributed by atoms with Crippen molar-refractivity contribution in [2.45, 2.75) is 13.8 Å². The molecule has 0 aliphatic heterocycles. The monoisotopic (exact) mass is 335 g/mol. The topological polar surface area (TPSA) is 55.4 Å². The minimum Gasteiger partial charge on any atom is -0.452 e. The minimum absolute atomic E-state index is 0.0549. The maximum atomic E-state index is 13.4. The van der Waals surface area contributed by atoms with Crippen LogP contribution < -0.4 is 5.32 Å². The van der Waals surface area contributed by atoms with E-state index in [1.807, 2.05) is 6.92 Å². The summed E-state index contributed by atoms with van der Waals surface area (Å²) in [7, 11) is 0. The number of aryl methyl sites for hydroxylation is 2. The van der Waals surface area contributed by atoms with E-state index in [9.17, 15) is 14.0 Å². The van der Waals surface area contributed by atoms with Crippen LogP contribution in [0.5, 0.6) is 0 Å². The summed E-state index contributed by atoms with van der Waals surface area (Å²) in [6.07, 6.45) is 0. The van der Waals surface area contributed by atoms with Crippen molar-refractivity contribution in [1.29, 1.82) is 0 Å². The number of carbonyl (C=O) groups excluding carboxylic acids is 2. The van der Waals surface area contributed by atoms with Crippen LogP contribution in [0.4, 0.5) is 10.1 Å². The molecule has 0 spiro atoms. The molecule has 0 unspecified atom stereocenters. The molecule has 6 heteroatoms. The molecular weight excluding hydrogens is 321 g/mol. The second-order valence-electron chi connectivity index (χ2n) is 5.05. The van der Waals surface area contributed by atoms with Gasteiger partial charge in [0.1, 0.15) is 5.82 Å². The summed E-state index contributed by atoms with van der Waals surface area (Å²) < 4.78 is 18.3. The maximum Gasteiger partial charge on any atom is 0.338 e. The molecule has 1 amide bonds. The van der Waals surface area contributed by atoms with Crippen molar-refractivity contribution in [2.24, 2.45) is 0 Å². The molecule has 0 bridgehead atoms. The van der Waals surface area contributed by atoms with E-state index in [1.54, 1.807) is 25.1 Å². The maximum absolute atomic E-state index is 13.4. The Morgan fingerprint density at radius 2 is 1.83 bits per heavy atom. The summed E-state index contributed by atoms with van der Waals surface area (Å²) in [6.45, 7) is 2.96. The number of carbonyl (C=O) groups is 2. The van der Waals surface area contributed by atoms with Gasteiger partial charge in [0.25, 0.3) is 5.91 Å². The van der Waals surface area contributed by atoms with Crippen LogP contribution in [-0.4, -0.2) is 18.5 Å². The molecule has 1 N–H and O–H groups in total. The van der Waals surface area contributed by atoms with Crippen LogP contribution in [0.1, 0.15) is 21.5 Å². The molecule has 0 aliphatic carbocycles. The lowest BCUT2D eigenvalue weighted by molar-refractivity contribution is -0.119. The van der Waals surface area contributed by atoms with Gasteiger partial charge < -0.3 is 10.1 Å². The molecule has 0 atom stereocenters. The molecule has 4 nitrogen and oxygen atoms in total. The Hall–Kier alpha value is -2.40. The van der Waals surface area contributed by atoms with E-state index >= 15 is 0 Å². The second-order valence-corrected chi connectivity index (χ2v) is 5.46. The smallest absolute Gasteiger partial charge is 0.338 e. The molecule has 2 aromatic carbocycles. The number of esters is 1. The van der Waals surface area contributed by atoms with E-state index in [0.29, 0.717) is 16.3 Å². The highest BCUT2D eigenvalue weighted by Crippen LogP contribution is 2.19. The minimum atomic E-state index is -0.763. The van der Waals surface area contributed by atoms with Gasteiger partial charge in [0.15, 0.2) is 6.61 Å². The third kappa shape index (κ3) is 4.53. The summed E-state index contributed by atoms with van der Waals surface area (Å²) >= 11 is 5.96. The zero-order valence-corrected chi connectivity index (χ0v) is 13.4. The lowest BCUT2D eigenvalue weighted by Gasteiger charge is -2.08. The summed E-state index contributed by atoms with van der Waals surface area (Å²) in [5, 5.41) is 3.09. The molecule has 2 aromatic rings. The largest absolute Gasteiger partial charge is 0.452 e. The quantitative estimate of drug-likeness (QED) is 0.862. The standard InChI is InChI=1S/C17H15ClFNO3/c1-10-4-6-13(8-14(10)18)20-16(21)9-23-17(22)12-5-3-11(2)15(19)7-12/h3-8H,9H2,1-2H3,(H,20,21). The van der Waals surface area contributed by atoms with Crippen molar-refractivity contribution >= 4 is 29.2 Å². The first-order valence-corrected chi connectivity index (χ1v) is 7.24. The van der Waals surface area contributed by atoms with Crippen molar-refractivity contribution in [1.82, 2.24) is 0 Å². The SMILES string of the molecule is Cc1ccc(C(=O)OCC(=O)Nc2ccc(C)c(Cl)c2)cc1F. The van der Waals surface area contributed by atoms with Crippen LogP contribution >= 0.6 is 11.6 Å². The molecule has 120 valence electrons. The third-order valence-corrected chi connectivity index (χ3v) is 3.60. The summed E-state index contributed by atoms with van der Waals surface area (Å²) in [6, 6.07) is 9.05. The Balaban J connectivity index is 1.91. The average Bonchev–Trinajstić information content (AvgIpc) is 2.51. The number of hydrogen-bond acceptors (Lipinski definition) is 3. The van der Waals surface area contributed by atoms with Gasteiger partial charge in [0, 0.05) is 10.7 Å². The average molecular weight is 336 g/mol. The first-order valence-electron chi connectivity index (χ1n) is 6.86. The molecule has 2 rings (SSSR count). The van der Waals surface area contributed by atoms with E-state index in [2.05, 4.69) is 5.32 Å². The summed E-state index contributed by atoms with van der Waals surface area (Å²) in [4.78, 5) is 23.5. The van der Waals surface area contributed by atoms with E-state index in [0.717, 1.165) is 11.6 Å². The van der Waals surface area contributed by atoms with Crippen molar-refractivity contribution < 1.29 is 18.7 Å². The normalized spacial score (nSPS) is 10.3. The van der Waals surface area contributed by atoms with Gasteiger partial charge in [0.05, 0.1) is 5.56 Å². The van der Waals surface area contributed by atoms with E-state index in [-0.39, 0.29) is 5.56 Å². The Morgan fingerprint density at radius 1 is 1.13 bits per heavy atom. The van der Waals surface area contributed by atoms with Crippen LogP contribution in [0.3, 0.4) is 0 Å². The predicted molar refractivity (Wildman–Crippen MR) is 86.2 cm³/mol. The van der Waals surface area contributed by atoms with Gasteiger partial charge in [0.2, 0.25) is 0 Å². The molecule has 0 aromatic heterocycles. The fourth-order valence-electron chi connectivity index (χ4n) is 1.80. The molecule has 0 saturated heterocycles. The summed E-state index contributed by atoms with van der Waals surface area (Å²) in [5.41, 5.74) is 1.87. The van der Waals surface area contributed by atoms with Crippen LogP contribution in [0, 0.1) is 19.7 Å². The highest BCUT2D eigenvalue weighted by molar-refractivity contribution is 6.31. The number of amides is 1. The van der Waals surface area contributed by atoms with Crippen molar-refractivity contribution in [3.63, 3.8) is 0 Å². The van der Waals surface area contributed by atoms with Gasteiger partial charge in [-0.1, -0.05) is 23.7 Å². The Kier molecular flexibility index (Phi) is 5.34. The van der Waals surface area contributed by atoms with Gasteiger partial charge >= 0.3 is 5.97 Å². The van der Waals surface area contributed by atoms with Crippen molar-refractivity contribution in [2.75, 3.05) is 11.9 Å². The number of hydrogen-bond donors (Lipinski definition) is 1. The zero-order chi connectivity index (χ0) is 17.0. The molecule has 0 fully saturated rings. The van der Waals surface area contributed by atoms with Crippen molar-refractivity contribution in [3.8, 4) is 0 Å². The number of benzene rings is 2. The fraction of sp³-hybridized carbons (Fsp3) is 0.176. The van der Waals surface area contributed by atoms with Crippen LogP contribution in [0.25, 0.3) is 0 Å². The number of anilines is 1. The summed E-state index contributed by atoms with van der Waals surface area (Å²) in [5.74, 6) is -1.77. The Bertz CT molecular complexity index is 761. The van der Waals surface area contributed by atoms with Gasteiger partial charge in [-0.2, -0.15) is 0 Å². The highest BCUT2D eigenvalue weighted by Gasteiger charge is 2.12. The molecule has 0 aliphatic rings. The van der Waals surface area contributed by atoms with Gasteiger partial charge in [-0.25, -0.2) is 9.18 Å². The van der Waals surface area contributed by atoms with Crippen LogP contribution in [0.15, 0.2) is 36.4 Å². The van der Waals surface area contributed by atoms with Gasteiger partial charge in [-0.3, -0.25) is 4.79 Å². The van der Waals surface area contributed by atoms with Gasteiger partial charge in [-0.15, -0.1) is 0 Å². The first kappa shape index (κ1) is 17.0. The molecule has 0 heterocycles. The van der Waals surface area contributed by atoms with Crippen LogP contribution in [0.2, 0.25) is 5.02 Å². The Labute approximate surface area is 138 Å². The predicted octanol–water partition coefficient (Wildman–Crippen LogP) is 3.89.